The summed E-state index contributed by atoms with van der Waals surface area (Å²) in [6, 6.07) is 7.63. The number of rotatable bonds is 3. The summed E-state index contributed by atoms with van der Waals surface area (Å²) in [4.78, 5) is 10.8. The summed E-state index contributed by atoms with van der Waals surface area (Å²) in [6.45, 7) is 1.83. The maximum absolute atomic E-state index is 10.8. The lowest BCUT2D eigenvalue weighted by Crippen LogP contribution is -2.01. The Morgan fingerprint density at radius 1 is 1.41 bits per heavy atom. The minimum absolute atomic E-state index is 0.0201. The van der Waals surface area contributed by atoms with Crippen molar-refractivity contribution in [3.8, 4) is 11.3 Å². The number of aryl methyl sites for hydroxylation is 1. The maximum Gasteiger partial charge on any atom is 0.307 e. The molecule has 0 aliphatic carbocycles. The van der Waals surface area contributed by atoms with Gasteiger partial charge in [0.05, 0.1) is 12.1 Å². The number of nitrogens with zero attached hydrogens (tertiary/aromatic N) is 1. The van der Waals surface area contributed by atoms with E-state index in [1.165, 1.54) is 0 Å². The predicted octanol–water partition coefficient (Wildman–Crippen LogP) is 2.77. The summed E-state index contributed by atoms with van der Waals surface area (Å²) in [5.74, 6) is -0.854. The number of aromatic nitrogens is 2. The second-order valence-corrected chi connectivity index (χ2v) is 4.67. The Morgan fingerprint density at radius 3 is 2.65 bits per heavy atom. The second kappa shape index (κ2) is 4.71. The van der Waals surface area contributed by atoms with E-state index in [1.54, 1.807) is 0 Å². The zero-order valence-electron chi connectivity index (χ0n) is 9.20. The molecular formula is C12H11BrN2O2. The molecule has 1 heterocycles. The van der Waals surface area contributed by atoms with E-state index in [2.05, 4.69) is 26.1 Å². The van der Waals surface area contributed by atoms with Gasteiger partial charge in [-0.25, -0.2) is 0 Å². The van der Waals surface area contributed by atoms with Crippen LogP contribution >= 0.6 is 15.9 Å². The summed E-state index contributed by atoms with van der Waals surface area (Å²) in [7, 11) is 0. The van der Waals surface area contributed by atoms with Gasteiger partial charge in [0, 0.05) is 21.3 Å². The number of halogens is 1. The highest BCUT2D eigenvalue weighted by Gasteiger charge is 2.14. The van der Waals surface area contributed by atoms with Gasteiger partial charge >= 0.3 is 5.97 Å². The quantitative estimate of drug-likeness (QED) is 0.915. The molecule has 0 aliphatic rings. The smallest absolute Gasteiger partial charge is 0.307 e. The van der Waals surface area contributed by atoms with E-state index in [1.807, 2.05) is 31.2 Å². The van der Waals surface area contributed by atoms with Crippen molar-refractivity contribution < 1.29 is 9.90 Å². The number of nitrogens with one attached hydrogen (secondary N) is 1. The van der Waals surface area contributed by atoms with E-state index >= 15 is 0 Å². The monoisotopic (exact) mass is 294 g/mol. The zero-order chi connectivity index (χ0) is 12.4. The van der Waals surface area contributed by atoms with E-state index in [0.717, 1.165) is 21.3 Å². The van der Waals surface area contributed by atoms with Crippen LogP contribution in [-0.2, 0) is 11.2 Å². The summed E-state index contributed by atoms with van der Waals surface area (Å²) in [5, 5.41) is 15.9. The number of aliphatic carboxylic acids is 1. The number of hydrogen-bond acceptors (Lipinski definition) is 2. The van der Waals surface area contributed by atoms with Crippen molar-refractivity contribution in [2.75, 3.05) is 0 Å². The summed E-state index contributed by atoms with van der Waals surface area (Å²) >= 11 is 3.36. The van der Waals surface area contributed by atoms with Crippen LogP contribution in [0.4, 0.5) is 0 Å². The van der Waals surface area contributed by atoms with E-state index in [-0.39, 0.29) is 6.42 Å². The van der Waals surface area contributed by atoms with Gasteiger partial charge in [0.15, 0.2) is 0 Å². The van der Waals surface area contributed by atoms with Crippen LogP contribution in [0.5, 0.6) is 0 Å². The average molecular weight is 295 g/mol. The van der Waals surface area contributed by atoms with Crippen LogP contribution in [-0.4, -0.2) is 21.3 Å². The summed E-state index contributed by atoms with van der Waals surface area (Å²) < 4.78 is 0.980. The summed E-state index contributed by atoms with van der Waals surface area (Å²) in [6.07, 6.45) is -0.0201. The first-order valence-corrected chi connectivity index (χ1v) is 5.89. The van der Waals surface area contributed by atoms with Gasteiger partial charge in [-0.05, 0) is 19.1 Å². The minimum atomic E-state index is -0.854. The molecule has 0 saturated carbocycles. The van der Waals surface area contributed by atoms with E-state index in [0.29, 0.717) is 5.69 Å². The van der Waals surface area contributed by atoms with Gasteiger partial charge in [-0.15, -0.1) is 0 Å². The van der Waals surface area contributed by atoms with Crippen LogP contribution in [0.25, 0.3) is 11.3 Å². The first kappa shape index (κ1) is 11.9. The number of aromatic amines is 1. The van der Waals surface area contributed by atoms with Crippen molar-refractivity contribution in [2.24, 2.45) is 0 Å². The van der Waals surface area contributed by atoms with Gasteiger partial charge in [-0.1, -0.05) is 28.1 Å². The molecule has 0 amide bonds. The van der Waals surface area contributed by atoms with Gasteiger partial charge in [-0.2, -0.15) is 5.10 Å². The molecule has 4 nitrogen and oxygen atoms in total. The van der Waals surface area contributed by atoms with E-state index < -0.39 is 5.97 Å². The molecule has 0 fully saturated rings. The second-order valence-electron chi connectivity index (χ2n) is 3.75. The van der Waals surface area contributed by atoms with Crippen LogP contribution in [0.2, 0.25) is 0 Å². The molecule has 0 aliphatic heterocycles. The molecular weight excluding hydrogens is 284 g/mol. The molecule has 0 bridgehead atoms. The molecule has 0 saturated heterocycles. The maximum atomic E-state index is 10.8. The largest absolute Gasteiger partial charge is 0.481 e. The van der Waals surface area contributed by atoms with Crippen molar-refractivity contribution in [3.05, 3.63) is 40.0 Å². The standard InChI is InChI=1S/C12H11BrN2O2/c1-7-10(6-11(16)17)12(15-14-7)8-2-4-9(13)5-3-8/h2-5H,6H2,1H3,(H,14,15)(H,16,17). The van der Waals surface area contributed by atoms with Gasteiger partial charge in [0.25, 0.3) is 0 Å². The first-order chi connectivity index (χ1) is 8.08. The van der Waals surface area contributed by atoms with Crippen molar-refractivity contribution >= 4 is 21.9 Å². The molecule has 88 valence electrons. The molecule has 2 rings (SSSR count). The van der Waals surface area contributed by atoms with E-state index in [4.69, 9.17) is 5.11 Å². The number of carbonyl (C=O) groups is 1. The van der Waals surface area contributed by atoms with Gasteiger partial charge in [-0.3, -0.25) is 9.89 Å². The van der Waals surface area contributed by atoms with Gasteiger partial charge in [0.1, 0.15) is 0 Å². The molecule has 0 spiro atoms. The first-order valence-electron chi connectivity index (χ1n) is 5.09. The zero-order valence-corrected chi connectivity index (χ0v) is 10.8. The fourth-order valence-electron chi connectivity index (χ4n) is 1.67. The van der Waals surface area contributed by atoms with Crippen LogP contribution in [0.1, 0.15) is 11.3 Å². The molecule has 5 heteroatoms. The number of benzene rings is 1. The minimum Gasteiger partial charge on any atom is -0.481 e. The Balaban J connectivity index is 2.45. The molecule has 0 atom stereocenters. The lowest BCUT2D eigenvalue weighted by Gasteiger charge is -2.01. The Bertz CT molecular complexity index is 546. The molecule has 0 unspecified atom stereocenters. The van der Waals surface area contributed by atoms with Crippen LogP contribution in [0.15, 0.2) is 28.7 Å². The Labute approximate surface area is 107 Å². The molecule has 17 heavy (non-hydrogen) atoms. The van der Waals surface area contributed by atoms with Crippen molar-refractivity contribution in [2.45, 2.75) is 13.3 Å². The van der Waals surface area contributed by atoms with Crippen LogP contribution in [0.3, 0.4) is 0 Å². The number of carboxylic acid groups (broad SMARTS) is 1. The van der Waals surface area contributed by atoms with Crippen molar-refractivity contribution in [1.82, 2.24) is 10.2 Å². The van der Waals surface area contributed by atoms with Gasteiger partial charge in [0.2, 0.25) is 0 Å². The molecule has 2 N–H and O–H groups in total. The fraction of sp³-hybridized carbons (Fsp3) is 0.167. The highest BCUT2D eigenvalue weighted by atomic mass is 79.9. The third kappa shape index (κ3) is 2.55. The molecule has 2 aromatic rings. The summed E-state index contributed by atoms with van der Waals surface area (Å²) in [5.41, 5.74) is 3.15. The van der Waals surface area contributed by atoms with Gasteiger partial charge < -0.3 is 5.11 Å². The third-order valence-electron chi connectivity index (χ3n) is 2.52. The topological polar surface area (TPSA) is 66.0 Å². The predicted molar refractivity (Wildman–Crippen MR) is 67.8 cm³/mol. The molecule has 1 aromatic carbocycles. The Hall–Kier alpha value is -1.62. The average Bonchev–Trinajstić information content (AvgIpc) is 2.61. The Morgan fingerprint density at radius 2 is 2.06 bits per heavy atom. The fourth-order valence-corrected chi connectivity index (χ4v) is 1.93. The normalized spacial score (nSPS) is 10.5. The highest BCUT2D eigenvalue weighted by Crippen LogP contribution is 2.25. The molecule has 0 radical (unpaired) electrons. The number of hydrogen-bond donors (Lipinski definition) is 2. The number of carboxylic acids is 1. The lowest BCUT2D eigenvalue weighted by atomic mass is 10.0. The SMILES string of the molecule is Cc1[nH]nc(-c2ccc(Br)cc2)c1CC(=O)O. The molecule has 1 aromatic heterocycles. The van der Waals surface area contributed by atoms with Crippen LogP contribution in [0, 0.1) is 6.92 Å². The van der Waals surface area contributed by atoms with Crippen molar-refractivity contribution in [3.63, 3.8) is 0 Å². The van der Waals surface area contributed by atoms with Crippen molar-refractivity contribution in [1.29, 1.82) is 0 Å². The van der Waals surface area contributed by atoms with E-state index in [9.17, 15) is 4.79 Å². The van der Waals surface area contributed by atoms with Crippen LogP contribution < -0.4 is 0 Å². The Kier molecular flexibility index (Phi) is 3.28. The highest BCUT2D eigenvalue weighted by molar-refractivity contribution is 9.10. The third-order valence-corrected chi connectivity index (χ3v) is 3.05. The lowest BCUT2D eigenvalue weighted by molar-refractivity contribution is -0.136. The number of H-pyrrole nitrogens is 1.